The number of ether oxygens (including phenoxy) is 2. The Labute approximate surface area is 194 Å². The lowest BCUT2D eigenvalue weighted by Gasteiger charge is -2.36. The van der Waals surface area contributed by atoms with Gasteiger partial charge in [0.2, 0.25) is 5.76 Å². The highest BCUT2D eigenvalue weighted by atomic mass is 32.2. The zero-order valence-electron chi connectivity index (χ0n) is 18.2. The van der Waals surface area contributed by atoms with Gasteiger partial charge in [0.15, 0.2) is 9.84 Å². The number of carbonyl (C=O) groups is 2. The molecule has 0 saturated carbocycles. The monoisotopic (exact) mass is 488 g/mol. The molecule has 0 bridgehead atoms. The maximum absolute atomic E-state index is 13.9. The smallest absolute Gasteiger partial charge is 0.376 e. The Kier molecular flexibility index (Phi) is 5.87. The van der Waals surface area contributed by atoms with E-state index in [1.54, 1.807) is 18.2 Å². The first kappa shape index (κ1) is 23.4. The van der Waals surface area contributed by atoms with Crippen molar-refractivity contribution in [3.8, 4) is 0 Å². The summed E-state index contributed by atoms with van der Waals surface area (Å²) < 4.78 is 37.4. The fourth-order valence-electron chi connectivity index (χ4n) is 4.56. The molecular formula is C22H20N2O9S. The molecule has 12 heteroatoms. The van der Waals surface area contributed by atoms with Gasteiger partial charge in [-0.2, -0.15) is 0 Å². The molecule has 178 valence electrons. The van der Waals surface area contributed by atoms with Gasteiger partial charge in [0.05, 0.1) is 29.3 Å². The zero-order valence-corrected chi connectivity index (χ0v) is 19.0. The van der Waals surface area contributed by atoms with E-state index in [1.807, 2.05) is 0 Å². The second-order valence-corrected chi connectivity index (χ2v) is 9.72. The number of hydrogen-bond donors (Lipinski definition) is 0. The fraction of sp³-hybridized carbons (Fsp3) is 0.273. The van der Waals surface area contributed by atoms with Crippen LogP contribution in [0.3, 0.4) is 0 Å². The van der Waals surface area contributed by atoms with E-state index in [4.69, 9.17) is 14.3 Å². The number of fused-ring (bicyclic) bond motifs is 1. The summed E-state index contributed by atoms with van der Waals surface area (Å²) in [4.78, 5) is 41.9. The zero-order chi connectivity index (χ0) is 24.7. The van der Waals surface area contributed by atoms with Crippen molar-refractivity contribution in [2.24, 2.45) is 0 Å². The van der Waals surface area contributed by atoms with Gasteiger partial charge in [-0.1, -0.05) is 18.2 Å². The van der Waals surface area contributed by atoms with Gasteiger partial charge >= 0.3 is 11.9 Å². The Morgan fingerprint density at radius 1 is 1.06 bits per heavy atom. The summed E-state index contributed by atoms with van der Waals surface area (Å²) in [7, 11) is -1.93. The van der Waals surface area contributed by atoms with Crippen LogP contribution in [0.25, 0.3) is 0 Å². The standard InChI is InChI=1S/C22H20N2O9S/c1-31-20(25)18-19(21(26)32-2)33-23-13-12-17(34(29,30)16-6-4-3-5-7-16)22(18,23)14-8-10-15(11-9-14)24(27)28/h3-11,17H,12-13H2,1-2H3/t17-,22-/m0/s1. The highest BCUT2D eigenvalue weighted by Gasteiger charge is 2.66. The summed E-state index contributed by atoms with van der Waals surface area (Å²) in [5, 5.41) is 11.1. The van der Waals surface area contributed by atoms with Gasteiger partial charge < -0.3 is 14.3 Å². The molecule has 0 aromatic heterocycles. The predicted molar refractivity (Wildman–Crippen MR) is 116 cm³/mol. The SMILES string of the molecule is COC(=O)C1=C(C(=O)OC)[C@]2(c3ccc([N+](=O)[O-])cc3)[C@@H](S(=O)(=O)c3ccccc3)CCN2O1. The Morgan fingerprint density at radius 3 is 2.24 bits per heavy atom. The average Bonchev–Trinajstić information content (AvgIpc) is 3.39. The normalized spacial score (nSPS) is 22.1. The number of nitro benzene ring substituents is 1. The molecule has 0 aliphatic carbocycles. The molecule has 1 fully saturated rings. The Balaban J connectivity index is 2.04. The number of nitrogens with zero attached hydrogens (tertiary/aromatic N) is 2. The number of hydrogen-bond acceptors (Lipinski definition) is 10. The van der Waals surface area contributed by atoms with Crippen LogP contribution < -0.4 is 0 Å². The number of carbonyl (C=O) groups excluding carboxylic acids is 2. The van der Waals surface area contributed by atoms with Gasteiger partial charge in [0, 0.05) is 18.7 Å². The topological polar surface area (TPSA) is 142 Å². The van der Waals surface area contributed by atoms with E-state index in [2.05, 4.69) is 0 Å². The Hall–Kier alpha value is -3.77. The van der Waals surface area contributed by atoms with Crippen LogP contribution in [0.5, 0.6) is 0 Å². The molecule has 2 aromatic carbocycles. The van der Waals surface area contributed by atoms with Gasteiger partial charge in [-0.15, -0.1) is 5.06 Å². The van der Waals surface area contributed by atoms with E-state index in [1.165, 1.54) is 41.5 Å². The summed E-state index contributed by atoms with van der Waals surface area (Å²) in [6.07, 6.45) is 0.0448. The van der Waals surface area contributed by atoms with Crippen molar-refractivity contribution < 1.29 is 37.2 Å². The maximum atomic E-state index is 13.9. The number of methoxy groups -OCH3 is 2. The van der Waals surface area contributed by atoms with Crippen molar-refractivity contribution in [1.82, 2.24) is 5.06 Å². The summed E-state index contributed by atoms with van der Waals surface area (Å²) in [5.41, 5.74) is -2.19. The molecule has 0 radical (unpaired) electrons. The Morgan fingerprint density at radius 2 is 1.68 bits per heavy atom. The number of benzene rings is 2. The van der Waals surface area contributed by atoms with Gasteiger partial charge in [0.25, 0.3) is 5.69 Å². The molecule has 2 aliphatic rings. The van der Waals surface area contributed by atoms with Crippen LogP contribution in [-0.4, -0.2) is 56.4 Å². The van der Waals surface area contributed by atoms with E-state index in [9.17, 15) is 28.1 Å². The number of esters is 2. The molecule has 0 amide bonds. The van der Waals surface area contributed by atoms with Gasteiger partial charge in [-0.05, 0) is 36.2 Å². The minimum Gasteiger partial charge on any atom is -0.465 e. The number of hydroxylamine groups is 2. The van der Waals surface area contributed by atoms with Crippen LogP contribution in [0.15, 0.2) is 70.8 Å². The molecule has 2 heterocycles. The molecule has 2 aromatic rings. The van der Waals surface area contributed by atoms with Gasteiger partial charge in [-0.25, -0.2) is 18.0 Å². The third kappa shape index (κ3) is 3.33. The third-order valence-electron chi connectivity index (χ3n) is 5.99. The molecule has 34 heavy (non-hydrogen) atoms. The molecule has 1 saturated heterocycles. The predicted octanol–water partition coefficient (Wildman–Crippen LogP) is 1.88. The summed E-state index contributed by atoms with van der Waals surface area (Å²) in [6.45, 7) is 0.0364. The quantitative estimate of drug-likeness (QED) is 0.336. The first-order valence-electron chi connectivity index (χ1n) is 10.1. The first-order chi connectivity index (χ1) is 16.2. The lowest BCUT2D eigenvalue weighted by molar-refractivity contribution is -0.384. The van der Waals surface area contributed by atoms with Gasteiger partial charge in [0.1, 0.15) is 11.1 Å². The second-order valence-electron chi connectivity index (χ2n) is 7.59. The van der Waals surface area contributed by atoms with E-state index in [-0.39, 0.29) is 34.7 Å². The lowest BCUT2D eigenvalue weighted by atomic mass is 9.80. The Bertz CT molecular complexity index is 1290. The summed E-state index contributed by atoms with van der Waals surface area (Å²) >= 11 is 0. The van der Waals surface area contributed by atoms with Crippen molar-refractivity contribution >= 4 is 27.5 Å². The summed E-state index contributed by atoms with van der Waals surface area (Å²) in [5.74, 6) is -2.48. The fourth-order valence-corrected chi connectivity index (χ4v) is 6.66. The molecule has 0 unspecified atom stereocenters. The van der Waals surface area contributed by atoms with Crippen LogP contribution >= 0.6 is 0 Å². The molecular weight excluding hydrogens is 468 g/mol. The van der Waals surface area contributed by atoms with E-state index in [0.717, 1.165) is 14.2 Å². The molecule has 2 aliphatic heterocycles. The van der Waals surface area contributed by atoms with Crippen LogP contribution in [0, 0.1) is 10.1 Å². The molecule has 2 atom stereocenters. The van der Waals surface area contributed by atoms with Crippen molar-refractivity contribution in [2.45, 2.75) is 22.1 Å². The van der Waals surface area contributed by atoms with Crippen molar-refractivity contribution in [3.05, 3.63) is 81.6 Å². The first-order valence-corrected chi connectivity index (χ1v) is 11.6. The van der Waals surface area contributed by atoms with Crippen LogP contribution in [0.2, 0.25) is 0 Å². The summed E-state index contributed by atoms with van der Waals surface area (Å²) in [6, 6.07) is 12.7. The molecule has 0 N–H and O–H groups in total. The molecule has 0 spiro atoms. The van der Waals surface area contributed by atoms with Crippen LogP contribution in [-0.2, 0) is 39.3 Å². The molecule has 11 nitrogen and oxygen atoms in total. The third-order valence-corrected chi connectivity index (χ3v) is 8.24. The van der Waals surface area contributed by atoms with Crippen molar-refractivity contribution in [3.63, 3.8) is 0 Å². The van der Waals surface area contributed by atoms with Crippen LogP contribution in [0.1, 0.15) is 12.0 Å². The highest BCUT2D eigenvalue weighted by Crippen LogP contribution is 2.54. The van der Waals surface area contributed by atoms with Gasteiger partial charge in [-0.3, -0.25) is 10.1 Å². The van der Waals surface area contributed by atoms with E-state index >= 15 is 0 Å². The minimum atomic E-state index is -4.11. The molecule has 4 rings (SSSR count). The number of non-ortho nitro benzene ring substituents is 1. The van der Waals surface area contributed by atoms with E-state index < -0.39 is 43.2 Å². The largest absolute Gasteiger partial charge is 0.465 e. The van der Waals surface area contributed by atoms with Crippen molar-refractivity contribution in [2.75, 3.05) is 20.8 Å². The maximum Gasteiger partial charge on any atom is 0.376 e. The highest BCUT2D eigenvalue weighted by molar-refractivity contribution is 7.92. The van der Waals surface area contributed by atoms with Crippen molar-refractivity contribution in [1.29, 1.82) is 0 Å². The number of rotatable bonds is 6. The van der Waals surface area contributed by atoms with Crippen LogP contribution in [0.4, 0.5) is 5.69 Å². The average molecular weight is 488 g/mol. The lowest BCUT2D eigenvalue weighted by Crippen LogP contribution is -2.50. The minimum absolute atomic E-state index is 0.0128. The van der Waals surface area contributed by atoms with E-state index in [0.29, 0.717) is 0 Å². The second kappa shape index (κ2) is 8.54. The number of sulfone groups is 1. The number of nitro groups is 1.